The molecule has 1 unspecified atom stereocenters. The van der Waals surface area contributed by atoms with Gasteiger partial charge in [-0.25, -0.2) is 5.43 Å². The number of nitrogens with one attached hydrogen (secondary N) is 2. The summed E-state index contributed by atoms with van der Waals surface area (Å²) in [6, 6.07) is 3.42. The zero-order valence-corrected chi connectivity index (χ0v) is 16.8. The van der Waals surface area contributed by atoms with Crippen molar-refractivity contribution < 1.29 is 19.1 Å². The summed E-state index contributed by atoms with van der Waals surface area (Å²) in [5.74, 6) is -0.0798. The minimum Gasteiger partial charge on any atom is -0.494 e. The first kappa shape index (κ1) is 20.6. The van der Waals surface area contributed by atoms with Gasteiger partial charge in [0.25, 0.3) is 5.91 Å². The molecule has 0 bridgehead atoms. The zero-order chi connectivity index (χ0) is 20.1. The number of hydrogen-bond donors (Lipinski definition) is 2. The second-order valence-electron chi connectivity index (χ2n) is 6.86. The third kappa shape index (κ3) is 4.63. The highest BCUT2D eigenvalue weighted by Crippen LogP contribution is 2.34. The number of nitrogens with zero attached hydrogens (tertiary/aromatic N) is 2. The number of morpholine rings is 1. The number of hydrazone groups is 1. The molecule has 0 aromatic heterocycles. The van der Waals surface area contributed by atoms with Crippen molar-refractivity contribution in [1.82, 2.24) is 15.6 Å². The van der Waals surface area contributed by atoms with E-state index in [1.54, 1.807) is 12.1 Å². The molecule has 2 aliphatic heterocycles. The number of benzene rings is 1. The molecule has 2 N–H and O–H groups in total. The number of ether oxygens (including phenoxy) is 2. The summed E-state index contributed by atoms with van der Waals surface area (Å²) in [6.45, 7) is 6.39. The summed E-state index contributed by atoms with van der Waals surface area (Å²) < 4.78 is 10.8. The van der Waals surface area contributed by atoms with Gasteiger partial charge in [0, 0.05) is 44.1 Å². The number of halogens is 1. The van der Waals surface area contributed by atoms with E-state index in [1.165, 1.54) is 7.11 Å². The van der Waals surface area contributed by atoms with Crippen molar-refractivity contribution in [3.63, 3.8) is 0 Å². The van der Waals surface area contributed by atoms with Crippen molar-refractivity contribution in [3.8, 4) is 5.75 Å². The minimum absolute atomic E-state index is 0.0769. The summed E-state index contributed by atoms with van der Waals surface area (Å²) in [4.78, 5) is 26.3. The Balaban J connectivity index is 1.72. The molecule has 8 nitrogen and oxygen atoms in total. The van der Waals surface area contributed by atoms with Crippen LogP contribution in [0.1, 0.15) is 29.3 Å². The number of carbonyl (C=O) groups is 2. The van der Waals surface area contributed by atoms with Crippen molar-refractivity contribution in [2.45, 2.75) is 13.3 Å². The number of amides is 2. The first-order chi connectivity index (χ1) is 13.5. The van der Waals surface area contributed by atoms with Crippen LogP contribution in [0.15, 0.2) is 17.2 Å². The summed E-state index contributed by atoms with van der Waals surface area (Å²) in [5, 5.41) is 7.28. The Morgan fingerprint density at radius 3 is 2.86 bits per heavy atom. The highest BCUT2D eigenvalue weighted by atomic mass is 35.5. The van der Waals surface area contributed by atoms with E-state index < -0.39 is 0 Å². The van der Waals surface area contributed by atoms with E-state index in [1.807, 2.05) is 6.92 Å². The van der Waals surface area contributed by atoms with E-state index in [0.29, 0.717) is 35.6 Å². The molecule has 0 aliphatic carbocycles. The average Bonchev–Trinajstić information content (AvgIpc) is 2.68. The van der Waals surface area contributed by atoms with Gasteiger partial charge < -0.3 is 14.8 Å². The molecule has 2 aliphatic rings. The SMILES string of the molecule is COc1c(C2=NNC(=O)CC2C)ccc(C(=O)NCCN2CCOCC2)c1Cl. The Kier molecular flexibility index (Phi) is 6.88. The molecule has 2 amide bonds. The predicted octanol–water partition coefficient (Wildman–Crippen LogP) is 1.27. The van der Waals surface area contributed by atoms with Crippen molar-refractivity contribution in [2.24, 2.45) is 11.0 Å². The van der Waals surface area contributed by atoms with Gasteiger partial charge in [-0.1, -0.05) is 18.5 Å². The van der Waals surface area contributed by atoms with Crippen LogP contribution in [0.2, 0.25) is 5.02 Å². The van der Waals surface area contributed by atoms with E-state index in [-0.39, 0.29) is 22.8 Å². The lowest BCUT2D eigenvalue weighted by molar-refractivity contribution is -0.121. The maximum Gasteiger partial charge on any atom is 0.252 e. The molecule has 1 atom stereocenters. The third-order valence-corrected chi connectivity index (χ3v) is 5.27. The Hall–Kier alpha value is -2.16. The van der Waals surface area contributed by atoms with Crippen LogP contribution in [0.3, 0.4) is 0 Å². The quantitative estimate of drug-likeness (QED) is 0.739. The van der Waals surface area contributed by atoms with Crippen molar-refractivity contribution in [1.29, 1.82) is 0 Å². The lowest BCUT2D eigenvalue weighted by Gasteiger charge is -2.26. The maximum atomic E-state index is 12.6. The standard InChI is InChI=1S/C19H25ClN4O4/c1-12-11-15(25)22-23-17(12)14-4-3-13(16(20)18(14)27-2)19(26)21-5-6-24-7-9-28-10-8-24/h3-4,12H,5-11H2,1-2H3,(H,21,26)(H,22,25). The molecule has 3 rings (SSSR count). The summed E-state index contributed by atoms with van der Waals surface area (Å²) in [7, 11) is 1.50. The molecule has 152 valence electrons. The second-order valence-corrected chi connectivity index (χ2v) is 7.23. The molecular weight excluding hydrogens is 384 g/mol. The number of carbonyl (C=O) groups excluding carboxylic acids is 2. The summed E-state index contributed by atoms with van der Waals surface area (Å²) in [6.07, 6.45) is 0.337. The molecule has 0 saturated carbocycles. The molecule has 0 spiro atoms. The molecule has 1 fully saturated rings. The van der Waals surface area contributed by atoms with Gasteiger partial charge in [-0.05, 0) is 12.1 Å². The fourth-order valence-electron chi connectivity index (χ4n) is 3.36. The highest BCUT2D eigenvalue weighted by molar-refractivity contribution is 6.36. The van der Waals surface area contributed by atoms with Gasteiger partial charge in [0.05, 0.1) is 36.6 Å². The van der Waals surface area contributed by atoms with Crippen molar-refractivity contribution in [2.75, 3.05) is 46.5 Å². The van der Waals surface area contributed by atoms with Crippen LogP contribution in [0, 0.1) is 5.92 Å². The second kappa shape index (κ2) is 9.36. The number of methoxy groups -OCH3 is 1. The first-order valence-corrected chi connectivity index (χ1v) is 9.70. The van der Waals surface area contributed by atoms with Gasteiger partial charge in [-0.2, -0.15) is 5.10 Å². The highest BCUT2D eigenvalue weighted by Gasteiger charge is 2.27. The molecule has 1 aromatic carbocycles. The topological polar surface area (TPSA) is 92.3 Å². The smallest absolute Gasteiger partial charge is 0.252 e. The van der Waals surface area contributed by atoms with Crippen molar-refractivity contribution in [3.05, 3.63) is 28.3 Å². The fraction of sp³-hybridized carbons (Fsp3) is 0.526. The van der Waals surface area contributed by atoms with E-state index >= 15 is 0 Å². The van der Waals surface area contributed by atoms with E-state index in [2.05, 4.69) is 20.7 Å². The zero-order valence-electron chi connectivity index (χ0n) is 16.1. The summed E-state index contributed by atoms with van der Waals surface area (Å²) in [5.41, 5.74) is 4.18. The molecule has 2 heterocycles. The Morgan fingerprint density at radius 1 is 1.43 bits per heavy atom. The maximum absolute atomic E-state index is 12.6. The van der Waals surface area contributed by atoms with Gasteiger partial charge in [-0.3, -0.25) is 14.5 Å². The van der Waals surface area contributed by atoms with Crippen LogP contribution in [-0.4, -0.2) is 68.9 Å². The fourth-order valence-corrected chi connectivity index (χ4v) is 3.69. The van der Waals surface area contributed by atoms with Crippen LogP contribution >= 0.6 is 11.6 Å². The van der Waals surface area contributed by atoms with Crippen molar-refractivity contribution >= 4 is 29.1 Å². The van der Waals surface area contributed by atoms with Gasteiger partial charge in [0.2, 0.25) is 5.91 Å². The molecular formula is C19H25ClN4O4. The lowest BCUT2D eigenvalue weighted by Crippen LogP contribution is -2.41. The molecule has 9 heteroatoms. The van der Waals surface area contributed by atoms with Crippen LogP contribution < -0.4 is 15.5 Å². The number of rotatable bonds is 6. The Morgan fingerprint density at radius 2 is 2.18 bits per heavy atom. The normalized spacial score (nSPS) is 20.3. The van der Waals surface area contributed by atoms with E-state index in [0.717, 1.165) is 32.8 Å². The average molecular weight is 409 g/mol. The van der Waals surface area contributed by atoms with Crippen LogP contribution in [0.4, 0.5) is 0 Å². The van der Waals surface area contributed by atoms with Crippen LogP contribution in [-0.2, 0) is 9.53 Å². The molecule has 28 heavy (non-hydrogen) atoms. The molecule has 1 saturated heterocycles. The van der Waals surface area contributed by atoms with E-state index in [9.17, 15) is 9.59 Å². The molecule has 0 radical (unpaired) electrons. The van der Waals surface area contributed by atoms with Crippen LogP contribution in [0.25, 0.3) is 0 Å². The van der Waals surface area contributed by atoms with Gasteiger partial charge >= 0.3 is 0 Å². The van der Waals surface area contributed by atoms with Gasteiger partial charge in [0.1, 0.15) is 5.75 Å². The van der Waals surface area contributed by atoms with E-state index in [4.69, 9.17) is 21.1 Å². The Bertz CT molecular complexity index is 777. The first-order valence-electron chi connectivity index (χ1n) is 9.32. The minimum atomic E-state index is -0.255. The third-order valence-electron chi connectivity index (χ3n) is 4.90. The summed E-state index contributed by atoms with van der Waals surface area (Å²) >= 11 is 6.48. The predicted molar refractivity (Wildman–Crippen MR) is 106 cm³/mol. The molecule has 1 aromatic rings. The lowest BCUT2D eigenvalue weighted by atomic mass is 9.92. The van der Waals surface area contributed by atoms with Crippen LogP contribution in [0.5, 0.6) is 5.75 Å². The largest absolute Gasteiger partial charge is 0.494 e. The van der Waals surface area contributed by atoms with Gasteiger partial charge in [-0.15, -0.1) is 0 Å². The monoisotopic (exact) mass is 408 g/mol. The number of hydrogen-bond acceptors (Lipinski definition) is 6. The Labute approximate surface area is 169 Å². The van der Waals surface area contributed by atoms with Gasteiger partial charge in [0.15, 0.2) is 0 Å².